The zero-order chi connectivity index (χ0) is 13.9. The fourth-order valence-electron chi connectivity index (χ4n) is 2.17. The highest BCUT2D eigenvalue weighted by molar-refractivity contribution is 7.13. The van der Waals surface area contributed by atoms with Gasteiger partial charge >= 0.3 is 5.97 Å². The Hall–Kier alpha value is -2.33. The number of fused-ring (bicyclic) bond motifs is 1. The van der Waals surface area contributed by atoms with Crippen LogP contribution in [-0.4, -0.2) is 18.1 Å². The smallest absolute Gasteiger partial charge is 0.330 e. The molecule has 4 heteroatoms. The minimum atomic E-state index is -0.354. The molecule has 0 atom stereocenters. The Kier molecular flexibility index (Phi) is 3.39. The number of aromatic nitrogens is 1. The molecular weight excluding hydrogens is 270 g/mol. The molecule has 0 unspecified atom stereocenters. The van der Waals surface area contributed by atoms with Crippen molar-refractivity contribution in [2.75, 3.05) is 7.11 Å². The molecule has 0 saturated carbocycles. The summed E-state index contributed by atoms with van der Waals surface area (Å²) in [6.45, 7) is 0. The third-order valence-electron chi connectivity index (χ3n) is 3.10. The largest absolute Gasteiger partial charge is 0.466 e. The Bertz CT molecular complexity index is 769. The van der Waals surface area contributed by atoms with Crippen molar-refractivity contribution in [3.8, 4) is 10.6 Å². The summed E-state index contributed by atoms with van der Waals surface area (Å²) in [5, 5.41) is 3.13. The van der Waals surface area contributed by atoms with Crippen molar-refractivity contribution in [3.63, 3.8) is 0 Å². The Balaban J connectivity index is 2.18. The number of ether oxygens (including phenoxy) is 1. The summed E-state index contributed by atoms with van der Waals surface area (Å²) in [6.07, 6.45) is 3.26. The van der Waals surface area contributed by atoms with E-state index in [1.54, 1.807) is 17.4 Å². The molecule has 0 amide bonds. The minimum Gasteiger partial charge on any atom is -0.466 e. The number of nitrogens with one attached hydrogen (secondary N) is 1. The maximum atomic E-state index is 11.3. The van der Waals surface area contributed by atoms with Gasteiger partial charge < -0.3 is 9.72 Å². The van der Waals surface area contributed by atoms with Gasteiger partial charge in [0.2, 0.25) is 0 Å². The van der Waals surface area contributed by atoms with E-state index in [4.69, 9.17) is 0 Å². The van der Waals surface area contributed by atoms with Crippen LogP contribution < -0.4 is 0 Å². The van der Waals surface area contributed by atoms with Gasteiger partial charge in [0, 0.05) is 22.5 Å². The summed E-state index contributed by atoms with van der Waals surface area (Å²) in [5.41, 5.74) is 3.09. The predicted molar refractivity (Wildman–Crippen MR) is 82.7 cm³/mol. The standard InChI is InChI=1S/C16H13NO2S/c1-19-15(18)9-8-12-11-5-2-3-6-13(11)17-16(12)14-7-4-10-20-14/h2-10,17H,1H3/b9-8+. The number of rotatable bonds is 3. The first-order chi connectivity index (χ1) is 9.79. The highest BCUT2D eigenvalue weighted by Crippen LogP contribution is 2.33. The monoisotopic (exact) mass is 283 g/mol. The second kappa shape index (κ2) is 5.35. The molecule has 0 spiro atoms. The molecule has 3 nitrogen and oxygen atoms in total. The lowest BCUT2D eigenvalue weighted by molar-refractivity contribution is -0.134. The quantitative estimate of drug-likeness (QED) is 0.581. The summed E-state index contributed by atoms with van der Waals surface area (Å²) >= 11 is 1.66. The van der Waals surface area contributed by atoms with Crippen LogP contribution in [-0.2, 0) is 9.53 Å². The molecule has 1 N–H and O–H groups in total. The summed E-state index contributed by atoms with van der Waals surface area (Å²) < 4.78 is 4.66. The van der Waals surface area contributed by atoms with Crippen LogP contribution in [0.4, 0.5) is 0 Å². The maximum Gasteiger partial charge on any atom is 0.330 e. The summed E-state index contributed by atoms with van der Waals surface area (Å²) in [4.78, 5) is 15.9. The van der Waals surface area contributed by atoms with Crippen LogP contribution in [0.3, 0.4) is 0 Å². The van der Waals surface area contributed by atoms with E-state index in [-0.39, 0.29) is 5.97 Å². The Morgan fingerprint density at radius 3 is 2.85 bits per heavy atom. The molecule has 0 aliphatic heterocycles. The van der Waals surface area contributed by atoms with Gasteiger partial charge in [0.15, 0.2) is 0 Å². The van der Waals surface area contributed by atoms with Crippen LogP contribution in [0.25, 0.3) is 27.6 Å². The topological polar surface area (TPSA) is 42.1 Å². The van der Waals surface area contributed by atoms with Crippen molar-refractivity contribution >= 4 is 34.3 Å². The number of thiophene rings is 1. The van der Waals surface area contributed by atoms with Gasteiger partial charge in [-0.3, -0.25) is 0 Å². The molecule has 100 valence electrons. The van der Waals surface area contributed by atoms with Gasteiger partial charge in [-0.05, 0) is 23.6 Å². The molecule has 3 aromatic rings. The Morgan fingerprint density at radius 2 is 2.10 bits per heavy atom. The molecule has 20 heavy (non-hydrogen) atoms. The van der Waals surface area contributed by atoms with Gasteiger partial charge in [0.25, 0.3) is 0 Å². The zero-order valence-electron chi connectivity index (χ0n) is 10.9. The van der Waals surface area contributed by atoms with E-state index in [0.717, 1.165) is 27.0 Å². The molecule has 2 heterocycles. The number of carbonyl (C=O) groups excluding carboxylic acids is 1. The Morgan fingerprint density at radius 1 is 1.25 bits per heavy atom. The van der Waals surface area contributed by atoms with E-state index in [9.17, 15) is 4.79 Å². The van der Waals surface area contributed by atoms with E-state index in [2.05, 4.69) is 15.8 Å². The van der Waals surface area contributed by atoms with Gasteiger partial charge in [-0.15, -0.1) is 11.3 Å². The number of methoxy groups -OCH3 is 1. The molecule has 0 bridgehead atoms. The molecular formula is C16H13NO2S. The highest BCUT2D eigenvalue weighted by Gasteiger charge is 2.11. The van der Waals surface area contributed by atoms with Crippen LogP contribution in [0.1, 0.15) is 5.56 Å². The van der Waals surface area contributed by atoms with Gasteiger partial charge in [-0.25, -0.2) is 4.79 Å². The number of carbonyl (C=O) groups is 1. The molecule has 0 saturated heterocycles. The lowest BCUT2D eigenvalue weighted by Crippen LogP contribution is -1.93. The van der Waals surface area contributed by atoms with Crippen LogP contribution in [0, 0.1) is 0 Å². The molecule has 0 fully saturated rings. The molecule has 3 rings (SSSR count). The summed E-state index contributed by atoms with van der Waals surface area (Å²) in [5.74, 6) is -0.354. The number of esters is 1. The molecule has 0 aliphatic carbocycles. The first-order valence-electron chi connectivity index (χ1n) is 6.20. The van der Waals surface area contributed by atoms with E-state index < -0.39 is 0 Å². The third-order valence-corrected chi connectivity index (χ3v) is 3.99. The fourth-order valence-corrected chi connectivity index (χ4v) is 2.91. The molecule has 0 aliphatic rings. The average Bonchev–Trinajstić information content (AvgIpc) is 3.11. The fraction of sp³-hybridized carbons (Fsp3) is 0.0625. The van der Waals surface area contributed by atoms with E-state index in [0.29, 0.717) is 0 Å². The lowest BCUT2D eigenvalue weighted by Gasteiger charge is -1.97. The van der Waals surface area contributed by atoms with Crippen LogP contribution in [0.2, 0.25) is 0 Å². The molecule has 2 aromatic heterocycles. The van der Waals surface area contributed by atoms with Gasteiger partial charge in [0.1, 0.15) is 0 Å². The maximum absolute atomic E-state index is 11.3. The second-order valence-electron chi connectivity index (χ2n) is 4.29. The first-order valence-corrected chi connectivity index (χ1v) is 7.08. The summed E-state index contributed by atoms with van der Waals surface area (Å²) in [7, 11) is 1.38. The van der Waals surface area contributed by atoms with Gasteiger partial charge in [-0.2, -0.15) is 0 Å². The van der Waals surface area contributed by atoms with Crippen LogP contribution in [0.5, 0.6) is 0 Å². The van der Waals surface area contributed by atoms with Crippen LogP contribution >= 0.6 is 11.3 Å². The Labute approximate surface area is 120 Å². The predicted octanol–water partition coefficient (Wildman–Crippen LogP) is 4.08. The first kappa shape index (κ1) is 12.7. The summed E-state index contributed by atoms with van der Waals surface area (Å²) in [6, 6.07) is 12.1. The number of H-pyrrole nitrogens is 1. The van der Waals surface area contributed by atoms with E-state index in [1.165, 1.54) is 13.2 Å². The van der Waals surface area contributed by atoms with E-state index in [1.807, 2.05) is 35.7 Å². The van der Waals surface area contributed by atoms with Crippen molar-refractivity contribution in [3.05, 3.63) is 53.4 Å². The average molecular weight is 283 g/mol. The number of aromatic amines is 1. The highest BCUT2D eigenvalue weighted by atomic mass is 32.1. The number of hydrogen-bond acceptors (Lipinski definition) is 3. The zero-order valence-corrected chi connectivity index (χ0v) is 11.7. The van der Waals surface area contributed by atoms with Crippen molar-refractivity contribution < 1.29 is 9.53 Å². The molecule has 0 radical (unpaired) electrons. The second-order valence-corrected chi connectivity index (χ2v) is 5.24. The number of benzene rings is 1. The van der Waals surface area contributed by atoms with Crippen molar-refractivity contribution in [2.24, 2.45) is 0 Å². The lowest BCUT2D eigenvalue weighted by atomic mass is 10.1. The van der Waals surface area contributed by atoms with Crippen molar-refractivity contribution in [1.82, 2.24) is 4.98 Å². The molecule has 1 aromatic carbocycles. The van der Waals surface area contributed by atoms with Gasteiger partial charge in [-0.1, -0.05) is 24.3 Å². The van der Waals surface area contributed by atoms with Crippen molar-refractivity contribution in [2.45, 2.75) is 0 Å². The van der Waals surface area contributed by atoms with Gasteiger partial charge in [0.05, 0.1) is 17.7 Å². The number of hydrogen-bond donors (Lipinski definition) is 1. The SMILES string of the molecule is COC(=O)/C=C/c1c(-c2cccs2)[nH]c2ccccc12. The normalized spacial score (nSPS) is 11.2. The van der Waals surface area contributed by atoms with Crippen LogP contribution in [0.15, 0.2) is 47.9 Å². The van der Waals surface area contributed by atoms with Crippen molar-refractivity contribution in [1.29, 1.82) is 0 Å². The van der Waals surface area contributed by atoms with E-state index >= 15 is 0 Å². The minimum absolute atomic E-state index is 0.354. The third kappa shape index (κ3) is 2.26. The number of para-hydroxylation sites is 1.